The summed E-state index contributed by atoms with van der Waals surface area (Å²) < 4.78 is 2.36. The zero-order valence-corrected chi connectivity index (χ0v) is 13.8. The first-order valence-electron chi connectivity index (χ1n) is 8.21. The molecule has 22 heavy (non-hydrogen) atoms. The lowest BCUT2D eigenvalue weighted by molar-refractivity contribution is 0.422. The number of aromatic nitrogens is 3. The molecule has 2 aromatic heterocycles. The van der Waals surface area contributed by atoms with Crippen molar-refractivity contribution >= 4 is 0 Å². The second-order valence-corrected chi connectivity index (χ2v) is 7.25. The molecule has 0 radical (unpaired) electrons. The lowest BCUT2D eigenvalue weighted by Crippen LogP contribution is -2.26. The number of imidazole rings is 1. The van der Waals surface area contributed by atoms with Gasteiger partial charge in [-0.1, -0.05) is 20.8 Å². The smallest absolute Gasteiger partial charge is 0.113 e. The Balaban J connectivity index is 1.65. The highest BCUT2D eigenvalue weighted by Crippen LogP contribution is 2.30. The monoisotopic (exact) mass is 298 g/mol. The van der Waals surface area contributed by atoms with E-state index in [4.69, 9.17) is 4.98 Å². The third-order valence-electron chi connectivity index (χ3n) is 4.36. The minimum atomic E-state index is 0.124. The van der Waals surface area contributed by atoms with Crippen molar-refractivity contribution < 1.29 is 0 Å². The molecule has 0 aromatic carbocycles. The van der Waals surface area contributed by atoms with Gasteiger partial charge in [-0.15, -0.1) is 0 Å². The molecule has 0 spiro atoms. The van der Waals surface area contributed by atoms with Gasteiger partial charge in [-0.25, -0.2) is 4.98 Å². The molecule has 3 heterocycles. The molecule has 1 aliphatic heterocycles. The van der Waals surface area contributed by atoms with Crippen LogP contribution < -0.4 is 5.32 Å². The Bertz CT molecular complexity index is 610. The van der Waals surface area contributed by atoms with Crippen LogP contribution in [0.2, 0.25) is 0 Å². The molecule has 118 valence electrons. The highest BCUT2D eigenvalue weighted by molar-refractivity contribution is 5.17. The van der Waals surface area contributed by atoms with Crippen LogP contribution >= 0.6 is 0 Å². The summed E-state index contributed by atoms with van der Waals surface area (Å²) in [5.74, 6) is 1.78. The molecule has 3 rings (SSSR count). The van der Waals surface area contributed by atoms with Gasteiger partial charge in [0.25, 0.3) is 0 Å². The average molecular weight is 298 g/mol. The Morgan fingerprint density at radius 3 is 2.77 bits per heavy atom. The van der Waals surface area contributed by atoms with Crippen LogP contribution in [0, 0.1) is 0 Å². The summed E-state index contributed by atoms with van der Waals surface area (Å²) in [6.07, 6.45) is 8.42. The number of fused-ring (bicyclic) bond motifs is 1. The zero-order valence-electron chi connectivity index (χ0n) is 13.8. The van der Waals surface area contributed by atoms with E-state index in [-0.39, 0.29) is 5.41 Å². The number of pyridine rings is 1. The summed E-state index contributed by atoms with van der Waals surface area (Å²) in [5.41, 5.74) is 2.62. The molecule has 0 amide bonds. The topological polar surface area (TPSA) is 42.7 Å². The van der Waals surface area contributed by atoms with Crippen LogP contribution in [0.25, 0.3) is 0 Å². The maximum absolute atomic E-state index is 4.94. The molecule has 4 nitrogen and oxygen atoms in total. The number of hydrogen-bond acceptors (Lipinski definition) is 3. The third kappa shape index (κ3) is 3.38. The number of nitrogens with one attached hydrogen (secondary N) is 1. The van der Waals surface area contributed by atoms with Crippen LogP contribution in [-0.2, 0) is 18.5 Å². The molecular formula is C18H26N4. The SMILES string of the molecule is CC(C)(C)c1cn2c(n1)[C@H](CNCc1ccncc1)CCC2. The second-order valence-electron chi connectivity index (χ2n) is 7.25. The van der Waals surface area contributed by atoms with E-state index in [1.807, 2.05) is 12.4 Å². The predicted molar refractivity (Wildman–Crippen MR) is 88.8 cm³/mol. The van der Waals surface area contributed by atoms with Crippen LogP contribution in [0.4, 0.5) is 0 Å². The lowest BCUT2D eigenvalue weighted by atomic mass is 9.93. The number of nitrogens with zero attached hydrogens (tertiary/aromatic N) is 3. The van der Waals surface area contributed by atoms with Gasteiger partial charge in [0.2, 0.25) is 0 Å². The summed E-state index contributed by atoms with van der Waals surface area (Å²) in [6, 6.07) is 4.12. The van der Waals surface area contributed by atoms with E-state index in [0.29, 0.717) is 5.92 Å². The fourth-order valence-corrected chi connectivity index (χ4v) is 3.02. The maximum Gasteiger partial charge on any atom is 0.113 e. The largest absolute Gasteiger partial charge is 0.334 e. The van der Waals surface area contributed by atoms with Crippen molar-refractivity contribution in [1.82, 2.24) is 19.9 Å². The Kier molecular flexibility index (Phi) is 4.30. The summed E-state index contributed by atoms with van der Waals surface area (Å²) >= 11 is 0. The highest BCUT2D eigenvalue weighted by atomic mass is 15.1. The van der Waals surface area contributed by atoms with Gasteiger partial charge in [-0.3, -0.25) is 4.98 Å². The molecule has 1 atom stereocenters. The first-order valence-corrected chi connectivity index (χ1v) is 8.21. The van der Waals surface area contributed by atoms with Crippen molar-refractivity contribution in [2.24, 2.45) is 0 Å². The van der Waals surface area contributed by atoms with Crippen molar-refractivity contribution in [3.63, 3.8) is 0 Å². The van der Waals surface area contributed by atoms with Gasteiger partial charge >= 0.3 is 0 Å². The quantitative estimate of drug-likeness (QED) is 0.942. The van der Waals surface area contributed by atoms with Crippen LogP contribution in [0.1, 0.15) is 56.6 Å². The van der Waals surface area contributed by atoms with Gasteiger partial charge in [-0.05, 0) is 30.5 Å². The highest BCUT2D eigenvalue weighted by Gasteiger charge is 2.26. The average Bonchev–Trinajstić information content (AvgIpc) is 2.93. The first kappa shape index (κ1) is 15.2. The molecule has 2 aromatic rings. The minimum absolute atomic E-state index is 0.124. The summed E-state index contributed by atoms with van der Waals surface area (Å²) in [6.45, 7) is 9.70. The molecule has 0 bridgehead atoms. The van der Waals surface area contributed by atoms with Crippen LogP contribution in [0.5, 0.6) is 0 Å². The third-order valence-corrected chi connectivity index (χ3v) is 4.36. The standard InChI is InChI=1S/C18H26N4/c1-18(2,3)16-13-22-10-4-5-15(17(22)21-16)12-20-11-14-6-8-19-9-7-14/h6-9,13,15,20H,4-5,10-12H2,1-3H3/t15-/m0/s1. The fourth-order valence-electron chi connectivity index (χ4n) is 3.02. The van der Waals surface area contributed by atoms with E-state index in [9.17, 15) is 0 Å². The van der Waals surface area contributed by atoms with Crippen LogP contribution in [0.3, 0.4) is 0 Å². The van der Waals surface area contributed by atoms with Crippen molar-refractivity contribution in [2.75, 3.05) is 6.54 Å². The van der Waals surface area contributed by atoms with Crippen LogP contribution in [-0.4, -0.2) is 21.1 Å². The van der Waals surface area contributed by atoms with E-state index < -0.39 is 0 Å². The summed E-state index contributed by atoms with van der Waals surface area (Å²) in [7, 11) is 0. The zero-order chi connectivity index (χ0) is 15.6. The predicted octanol–water partition coefficient (Wildman–Crippen LogP) is 3.24. The van der Waals surface area contributed by atoms with Crippen molar-refractivity contribution in [1.29, 1.82) is 0 Å². The number of rotatable bonds is 4. The first-order chi connectivity index (χ1) is 10.5. The summed E-state index contributed by atoms with van der Waals surface area (Å²) in [4.78, 5) is 9.00. The van der Waals surface area contributed by atoms with Gasteiger partial charge in [0, 0.05) is 49.6 Å². The number of hydrogen-bond donors (Lipinski definition) is 1. The molecule has 0 aliphatic carbocycles. The Morgan fingerprint density at radius 2 is 2.05 bits per heavy atom. The van der Waals surface area contributed by atoms with E-state index >= 15 is 0 Å². The molecular weight excluding hydrogens is 272 g/mol. The second kappa shape index (κ2) is 6.21. The molecule has 4 heteroatoms. The van der Waals surface area contributed by atoms with Crippen molar-refractivity contribution in [3.05, 3.63) is 47.8 Å². The van der Waals surface area contributed by atoms with Crippen molar-refractivity contribution in [3.8, 4) is 0 Å². The van der Waals surface area contributed by atoms with Gasteiger partial charge in [0.15, 0.2) is 0 Å². The van der Waals surface area contributed by atoms with E-state index in [1.54, 1.807) is 0 Å². The molecule has 0 saturated carbocycles. The molecule has 0 saturated heterocycles. The van der Waals surface area contributed by atoms with Crippen LogP contribution in [0.15, 0.2) is 30.7 Å². The van der Waals surface area contributed by atoms with Crippen molar-refractivity contribution in [2.45, 2.75) is 58.0 Å². The molecule has 1 aliphatic rings. The van der Waals surface area contributed by atoms with E-state index in [2.05, 4.69) is 54.0 Å². The van der Waals surface area contributed by atoms with E-state index in [0.717, 1.165) is 19.6 Å². The van der Waals surface area contributed by atoms with Gasteiger partial charge in [0.1, 0.15) is 5.82 Å². The Labute approximate surface area is 133 Å². The summed E-state index contributed by atoms with van der Waals surface area (Å²) in [5, 5.41) is 3.58. The van der Waals surface area contributed by atoms with E-state index in [1.165, 1.54) is 29.9 Å². The van der Waals surface area contributed by atoms with Gasteiger partial charge in [-0.2, -0.15) is 0 Å². The fraction of sp³-hybridized carbons (Fsp3) is 0.556. The lowest BCUT2D eigenvalue weighted by Gasteiger charge is -2.23. The molecule has 1 N–H and O–H groups in total. The normalized spacial score (nSPS) is 18.2. The van der Waals surface area contributed by atoms with Gasteiger partial charge in [0.05, 0.1) is 5.69 Å². The Hall–Kier alpha value is -1.68. The number of aryl methyl sites for hydroxylation is 1. The molecule has 0 unspecified atom stereocenters. The maximum atomic E-state index is 4.94. The molecule has 0 fully saturated rings. The Morgan fingerprint density at radius 1 is 1.27 bits per heavy atom. The minimum Gasteiger partial charge on any atom is -0.334 e. The van der Waals surface area contributed by atoms with Gasteiger partial charge < -0.3 is 9.88 Å².